The molecule has 1 atom stereocenters. The van der Waals surface area contributed by atoms with Gasteiger partial charge in [-0.3, -0.25) is 9.79 Å². The summed E-state index contributed by atoms with van der Waals surface area (Å²) in [5.74, 6) is 0.135. The number of carbonyl (C=O) groups is 1. The Balaban J connectivity index is 1.99. The molecule has 0 saturated carbocycles. The van der Waals surface area contributed by atoms with Crippen molar-refractivity contribution in [3.05, 3.63) is 71.8 Å². The number of carbonyl (C=O) groups excluding carboxylic acids is 1. The third-order valence-electron chi connectivity index (χ3n) is 3.29. The standard InChI is InChI=1S/C18H19NO/c1-2-16(18(20)17-11-7-4-8-12-17)14-19-13-15-9-5-3-6-10-15/h3-13,16H,2,14H2,1H3/b19-13+. The maximum absolute atomic E-state index is 12.3. The Bertz CT molecular complexity index is 560. The van der Waals surface area contributed by atoms with E-state index in [1.54, 1.807) is 0 Å². The van der Waals surface area contributed by atoms with Crippen LogP contribution in [0.5, 0.6) is 0 Å². The van der Waals surface area contributed by atoms with Crippen LogP contribution in [-0.2, 0) is 0 Å². The van der Waals surface area contributed by atoms with E-state index in [0.717, 1.165) is 17.5 Å². The highest BCUT2D eigenvalue weighted by molar-refractivity contribution is 5.98. The molecule has 0 saturated heterocycles. The van der Waals surface area contributed by atoms with Gasteiger partial charge in [-0.1, -0.05) is 67.6 Å². The molecule has 102 valence electrons. The minimum atomic E-state index is -0.0441. The summed E-state index contributed by atoms with van der Waals surface area (Å²) >= 11 is 0. The van der Waals surface area contributed by atoms with E-state index in [1.165, 1.54) is 0 Å². The van der Waals surface area contributed by atoms with Gasteiger partial charge in [0.05, 0.1) is 0 Å². The Kier molecular flexibility index (Phi) is 5.24. The molecule has 0 N–H and O–H groups in total. The Morgan fingerprint density at radius 2 is 1.65 bits per heavy atom. The van der Waals surface area contributed by atoms with Crippen molar-refractivity contribution in [2.24, 2.45) is 10.9 Å². The first-order valence-corrected chi connectivity index (χ1v) is 6.95. The van der Waals surface area contributed by atoms with Gasteiger partial charge in [0.2, 0.25) is 0 Å². The van der Waals surface area contributed by atoms with Gasteiger partial charge in [0.1, 0.15) is 0 Å². The Morgan fingerprint density at radius 1 is 1.05 bits per heavy atom. The molecule has 0 bridgehead atoms. The fourth-order valence-electron chi connectivity index (χ4n) is 2.06. The molecule has 20 heavy (non-hydrogen) atoms. The van der Waals surface area contributed by atoms with Crippen LogP contribution in [0.1, 0.15) is 29.3 Å². The highest BCUT2D eigenvalue weighted by Gasteiger charge is 2.17. The average molecular weight is 265 g/mol. The Labute approximate surface area is 120 Å². The van der Waals surface area contributed by atoms with Crippen LogP contribution in [0.4, 0.5) is 0 Å². The van der Waals surface area contributed by atoms with Crippen LogP contribution in [0.25, 0.3) is 0 Å². The Morgan fingerprint density at radius 3 is 2.25 bits per heavy atom. The molecule has 0 radical (unpaired) electrons. The molecular formula is C18H19NO. The van der Waals surface area contributed by atoms with Crippen molar-refractivity contribution in [1.29, 1.82) is 0 Å². The van der Waals surface area contributed by atoms with Crippen molar-refractivity contribution in [3.63, 3.8) is 0 Å². The highest BCUT2D eigenvalue weighted by Crippen LogP contribution is 2.13. The molecule has 0 aliphatic carbocycles. The summed E-state index contributed by atoms with van der Waals surface area (Å²) < 4.78 is 0. The lowest BCUT2D eigenvalue weighted by molar-refractivity contribution is 0.0921. The van der Waals surface area contributed by atoms with Gasteiger partial charge in [-0.2, -0.15) is 0 Å². The molecular weight excluding hydrogens is 246 g/mol. The van der Waals surface area contributed by atoms with Crippen LogP contribution in [-0.4, -0.2) is 18.5 Å². The van der Waals surface area contributed by atoms with Crippen LogP contribution >= 0.6 is 0 Å². The zero-order valence-electron chi connectivity index (χ0n) is 11.7. The van der Waals surface area contributed by atoms with Crippen LogP contribution in [0.2, 0.25) is 0 Å². The Hall–Kier alpha value is -2.22. The quantitative estimate of drug-likeness (QED) is 0.573. The lowest BCUT2D eigenvalue weighted by Gasteiger charge is -2.10. The smallest absolute Gasteiger partial charge is 0.167 e. The second-order valence-electron chi connectivity index (χ2n) is 4.74. The lowest BCUT2D eigenvalue weighted by atomic mass is 9.95. The summed E-state index contributed by atoms with van der Waals surface area (Å²) in [6.45, 7) is 2.57. The molecule has 2 rings (SSSR count). The molecule has 2 aromatic rings. The largest absolute Gasteiger partial charge is 0.294 e. The topological polar surface area (TPSA) is 29.4 Å². The molecule has 2 aromatic carbocycles. The molecule has 0 aliphatic rings. The highest BCUT2D eigenvalue weighted by atomic mass is 16.1. The second-order valence-corrected chi connectivity index (χ2v) is 4.74. The van der Waals surface area contributed by atoms with Crippen molar-refractivity contribution in [2.75, 3.05) is 6.54 Å². The second kappa shape index (κ2) is 7.39. The van der Waals surface area contributed by atoms with Crippen molar-refractivity contribution in [3.8, 4) is 0 Å². The number of rotatable bonds is 6. The van der Waals surface area contributed by atoms with E-state index in [1.807, 2.05) is 73.8 Å². The van der Waals surface area contributed by atoms with E-state index in [0.29, 0.717) is 6.54 Å². The van der Waals surface area contributed by atoms with Crippen molar-refractivity contribution in [2.45, 2.75) is 13.3 Å². The summed E-state index contributed by atoms with van der Waals surface area (Å²) in [5, 5.41) is 0. The third-order valence-corrected chi connectivity index (χ3v) is 3.29. The number of benzene rings is 2. The predicted octanol–water partition coefficient (Wildman–Crippen LogP) is 4.01. The fraction of sp³-hybridized carbons (Fsp3) is 0.222. The van der Waals surface area contributed by atoms with Gasteiger partial charge in [-0.05, 0) is 12.0 Å². The minimum Gasteiger partial charge on any atom is -0.294 e. The van der Waals surface area contributed by atoms with Crippen LogP contribution in [0.15, 0.2) is 65.7 Å². The average Bonchev–Trinajstić information content (AvgIpc) is 2.53. The summed E-state index contributed by atoms with van der Waals surface area (Å²) in [5.41, 5.74) is 1.84. The van der Waals surface area contributed by atoms with Gasteiger partial charge in [0.15, 0.2) is 5.78 Å². The van der Waals surface area contributed by atoms with E-state index in [-0.39, 0.29) is 11.7 Å². The summed E-state index contributed by atoms with van der Waals surface area (Å²) in [6, 6.07) is 19.4. The van der Waals surface area contributed by atoms with E-state index < -0.39 is 0 Å². The summed E-state index contributed by atoms with van der Waals surface area (Å²) in [4.78, 5) is 16.8. The maximum Gasteiger partial charge on any atom is 0.167 e. The number of aliphatic imine (C=N–C) groups is 1. The number of ketones is 1. The molecule has 2 heteroatoms. The van der Waals surface area contributed by atoms with Crippen molar-refractivity contribution >= 4 is 12.0 Å². The SMILES string of the molecule is CCC(C/N=C/c1ccccc1)C(=O)c1ccccc1. The molecule has 0 heterocycles. The first-order chi connectivity index (χ1) is 9.81. The van der Waals surface area contributed by atoms with Crippen LogP contribution in [0, 0.1) is 5.92 Å². The minimum absolute atomic E-state index is 0.0441. The zero-order chi connectivity index (χ0) is 14.2. The van der Waals surface area contributed by atoms with Gasteiger partial charge in [-0.25, -0.2) is 0 Å². The molecule has 2 nitrogen and oxygen atoms in total. The first kappa shape index (κ1) is 14.2. The van der Waals surface area contributed by atoms with Gasteiger partial charge >= 0.3 is 0 Å². The predicted molar refractivity (Wildman–Crippen MR) is 83.5 cm³/mol. The van der Waals surface area contributed by atoms with Crippen LogP contribution in [0.3, 0.4) is 0 Å². The molecule has 0 amide bonds. The molecule has 0 fully saturated rings. The van der Waals surface area contributed by atoms with E-state index >= 15 is 0 Å². The lowest BCUT2D eigenvalue weighted by Crippen LogP contribution is -2.17. The summed E-state index contributed by atoms with van der Waals surface area (Å²) in [6.07, 6.45) is 2.64. The molecule has 1 unspecified atom stereocenters. The van der Waals surface area contributed by atoms with Crippen molar-refractivity contribution < 1.29 is 4.79 Å². The number of Topliss-reactive ketones (excluding diaryl/α,β-unsaturated/α-hetero) is 1. The van der Waals surface area contributed by atoms with Gasteiger partial charge in [-0.15, -0.1) is 0 Å². The number of hydrogen-bond acceptors (Lipinski definition) is 2. The van der Waals surface area contributed by atoms with Gasteiger partial charge < -0.3 is 0 Å². The number of nitrogens with zero attached hydrogens (tertiary/aromatic N) is 1. The first-order valence-electron chi connectivity index (χ1n) is 6.95. The normalized spacial score (nSPS) is 12.4. The monoisotopic (exact) mass is 265 g/mol. The molecule has 0 aliphatic heterocycles. The molecule has 0 aromatic heterocycles. The fourth-order valence-corrected chi connectivity index (χ4v) is 2.06. The zero-order valence-corrected chi connectivity index (χ0v) is 11.7. The third kappa shape index (κ3) is 3.89. The maximum atomic E-state index is 12.3. The number of hydrogen-bond donors (Lipinski definition) is 0. The van der Waals surface area contributed by atoms with E-state index in [9.17, 15) is 4.79 Å². The van der Waals surface area contributed by atoms with E-state index in [2.05, 4.69) is 4.99 Å². The summed E-state index contributed by atoms with van der Waals surface area (Å²) in [7, 11) is 0. The van der Waals surface area contributed by atoms with Gasteiger partial charge in [0.25, 0.3) is 0 Å². The van der Waals surface area contributed by atoms with Crippen LogP contribution < -0.4 is 0 Å². The van der Waals surface area contributed by atoms with Crippen molar-refractivity contribution in [1.82, 2.24) is 0 Å². The van der Waals surface area contributed by atoms with E-state index in [4.69, 9.17) is 0 Å². The molecule has 0 spiro atoms. The van der Waals surface area contributed by atoms with Gasteiger partial charge in [0, 0.05) is 24.2 Å².